The van der Waals surface area contributed by atoms with Gasteiger partial charge in [0.05, 0.1) is 12.1 Å². The van der Waals surface area contributed by atoms with Crippen molar-refractivity contribution in [3.63, 3.8) is 0 Å². The first kappa shape index (κ1) is 20.0. The topological polar surface area (TPSA) is 95.5 Å². The lowest BCUT2D eigenvalue weighted by Crippen LogP contribution is -2.48. The Kier molecular flexibility index (Phi) is 6.02. The van der Waals surface area contributed by atoms with Crippen molar-refractivity contribution in [2.45, 2.75) is 31.8 Å². The highest BCUT2D eigenvalue weighted by Crippen LogP contribution is 2.24. The molecule has 2 aliphatic heterocycles. The van der Waals surface area contributed by atoms with E-state index in [1.165, 1.54) is 18.6 Å². The predicted molar refractivity (Wildman–Crippen MR) is 109 cm³/mol. The first-order chi connectivity index (χ1) is 14.6. The average molecular weight is 407 g/mol. The molecule has 1 unspecified atom stereocenters. The third kappa shape index (κ3) is 4.64. The first-order valence-corrected chi connectivity index (χ1v) is 10.3. The second-order valence-corrected chi connectivity index (χ2v) is 7.82. The normalized spacial score (nSPS) is 19.7. The molecule has 0 bridgehead atoms. The second-order valence-electron chi connectivity index (χ2n) is 7.82. The number of hydrogen-bond acceptors (Lipinski definition) is 5. The van der Waals surface area contributed by atoms with Crippen LogP contribution in [0.5, 0.6) is 0 Å². The molecule has 2 fully saturated rings. The van der Waals surface area contributed by atoms with Gasteiger partial charge in [-0.2, -0.15) is 0 Å². The number of nitrogens with zero attached hydrogens (tertiary/aromatic N) is 4. The number of aromatic nitrogens is 2. The zero-order chi connectivity index (χ0) is 20.9. The van der Waals surface area contributed by atoms with E-state index in [0.29, 0.717) is 44.7 Å². The maximum absolute atomic E-state index is 12.9. The van der Waals surface area contributed by atoms with Gasteiger partial charge >= 0.3 is 0 Å². The van der Waals surface area contributed by atoms with Gasteiger partial charge in [0.15, 0.2) is 0 Å². The summed E-state index contributed by atoms with van der Waals surface area (Å²) in [4.78, 5) is 49.1. The van der Waals surface area contributed by atoms with Gasteiger partial charge in [-0.3, -0.25) is 19.4 Å². The molecule has 3 amide bonds. The Labute approximate surface area is 175 Å². The van der Waals surface area contributed by atoms with E-state index in [4.69, 9.17) is 0 Å². The van der Waals surface area contributed by atoms with Gasteiger partial charge in [0.25, 0.3) is 5.91 Å². The summed E-state index contributed by atoms with van der Waals surface area (Å²) in [5.74, 6) is -0.460. The molecule has 1 N–H and O–H groups in total. The predicted octanol–water partition coefficient (Wildman–Crippen LogP) is 1.25. The molecule has 0 radical (unpaired) electrons. The Morgan fingerprint density at radius 2 is 1.87 bits per heavy atom. The minimum atomic E-state index is -0.285. The van der Waals surface area contributed by atoms with Gasteiger partial charge in [-0.05, 0) is 18.4 Å². The number of piperidine rings is 1. The van der Waals surface area contributed by atoms with Gasteiger partial charge < -0.3 is 15.1 Å². The molecule has 2 saturated heterocycles. The fourth-order valence-corrected chi connectivity index (χ4v) is 4.07. The maximum atomic E-state index is 12.9. The first-order valence-electron chi connectivity index (χ1n) is 10.3. The van der Waals surface area contributed by atoms with Gasteiger partial charge in [-0.1, -0.05) is 30.3 Å². The highest BCUT2D eigenvalue weighted by atomic mass is 16.2. The molecule has 1 aromatic heterocycles. The van der Waals surface area contributed by atoms with Crippen LogP contribution in [-0.4, -0.2) is 63.2 Å². The van der Waals surface area contributed by atoms with Crippen molar-refractivity contribution in [1.29, 1.82) is 0 Å². The van der Waals surface area contributed by atoms with Crippen LogP contribution in [0.4, 0.5) is 0 Å². The van der Waals surface area contributed by atoms with Crippen LogP contribution < -0.4 is 5.32 Å². The lowest BCUT2D eigenvalue weighted by Gasteiger charge is -2.33. The highest BCUT2D eigenvalue weighted by molar-refractivity contribution is 5.92. The zero-order valence-electron chi connectivity index (χ0n) is 16.7. The average Bonchev–Trinajstić information content (AvgIpc) is 3.15. The van der Waals surface area contributed by atoms with Crippen LogP contribution in [0.15, 0.2) is 48.9 Å². The summed E-state index contributed by atoms with van der Waals surface area (Å²) in [7, 11) is 0. The molecule has 156 valence electrons. The molecular weight excluding hydrogens is 382 g/mol. The Balaban J connectivity index is 1.26. The molecule has 2 aliphatic rings. The molecule has 0 saturated carbocycles. The summed E-state index contributed by atoms with van der Waals surface area (Å²) in [6.07, 6.45) is 6.09. The third-order valence-electron chi connectivity index (χ3n) is 5.72. The summed E-state index contributed by atoms with van der Waals surface area (Å²) >= 11 is 0. The quantitative estimate of drug-likeness (QED) is 0.805. The summed E-state index contributed by atoms with van der Waals surface area (Å²) in [6.45, 7) is 2.16. The van der Waals surface area contributed by atoms with Gasteiger partial charge in [0.1, 0.15) is 5.69 Å². The number of carbonyl (C=O) groups is 3. The van der Waals surface area contributed by atoms with Crippen molar-refractivity contribution in [2.75, 3.05) is 19.6 Å². The standard InChI is InChI=1S/C22H25N5O3/c28-20-12-17(15-27(20)14-16-4-2-1-3-5-16)22(30)26-10-6-18(7-11-26)25-21(29)19-13-23-8-9-24-19/h1-5,8-9,13,17-18H,6-7,10-12,14-15H2,(H,25,29). The lowest BCUT2D eigenvalue weighted by atomic mass is 10.0. The number of rotatable bonds is 5. The molecule has 8 heteroatoms. The summed E-state index contributed by atoms with van der Waals surface area (Å²) < 4.78 is 0. The van der Waals surface area contributed by atoms with E-state index in [1.54, 1.807) is 4.90 Å². The maximum Gasteiger partial charge on any atom is 0.271 e. The fourth-order valence-electron chi connectivity index (χ4n) is 4.07. The summed E-state index contributed by atoms with van der Waals surface area (Å²) in [5.41, 5.74) is 1.36. The van der Waals surface area contributed by atoms with Crippen molar-refractivity contribution < 1.29 is 14.4 Å². The SMILES string of the molecule is O=C(NC1CCN(C(=O)C2CC(=O)N(Cc3ccccc3)C2)CC1)c1cnccn1. The van der Waals surface area contributed by atoms with E-state index in [-0.39, 0.29) is 36.1 Å². The smallest absolute Gasteiger partial charge is 0.271 e. The summed E-state index contributed by atoms with van der Waals surface area (Å²) in [6, 6.07) is 9.83. The molecular formula is C22H25N5O3. The van der Waals surface area contributed by atoms with Crippen LogP contribution in [0, 0.1) is 5.92 Å². The minimum Gasteiger partial charge on any atom is -0.348 e. The van der Waals surface area contributed by atoms with Crippen LogP contribution >= 0.6 is 0 Å². The molecule has 4 rings (SSSR count). The second kappa shape index (κ2) is 9.02. The number of hydrogen-bond donors (Lipinski definition) is 1. The van der Waals surface area contributed by atoms with Gasteiger partial charge in [-0.15, -0.1) is 0 Å². The van der Waals surface area contributed by atoms with E-state index < -0.39 is 0 Å². The van der Waals surface area contributed by atoms with Crippen molar-refractivity contribution in [3.8, 4) is 0 Å². The van der Waals surface area contributed by atoms with Crippen LogP contribution in [0.2, 0.25) is 0 Å². The van der Waals surface area contributed by atoms with Gasteiger partial charge in [0, 0.05) is 51.0 Å². The number of benzene rings is 1. The zero-order valence-corrected chi connectivity index (χ0v) is 16.7. The molecule has 30 heavy (non-hydrogen) atoms. The van der Waals surface area contributed by atoms with E-state index in [1.807, 2.05) is 35.2 Å². The number of carbonyl (C=O) groups excluding carboxylic acids is 3. The number of nitrogens with one attached hydrogen (secondary N) is 1. The lowest BCUT2D eigenvalue weighted by molar-refractivity contribution is -0.136. The molecule has 2 aromatic rings. The van der Waals surface area contributed by atoms with Crippen molar-refractivity contribution >= 4 is 17.7 Å². The third-order valence-corrected chi connectivity index (χ3v) is 5.72. The van der Waals surface area contributed by atoms with E-state index in [0.717, 1.165) is 5.56 Å². The molecule has 0 aliphatic carbocycles. The minimum absolute atomic E-state index is 0.00310. The van der Waals surface area contributed by atoms with Crippen molar-refractivity contribution in [1.82, 2.24) is 25.1 Å². The van der Waals surface area contributed by atoms with Crippen LogP contribution in [-0.2, 0) is 16.1 Å². The molecule has 3 heterocycles. The van der Waals surface area contributed by atoms with E-state index in [9.17, 15) is 14.4 Å². The van der Waals surface area contributed by atoms with Gasteiger partial charge in [0.2, 0.25) is 11.8 Å². The Hall–Kier alpha value is -3.29. The molecule has 1 atom stereocenters. The highest BCUT2D eigenvalue weighted by Gasteiger charge is 2.37. The van der Waals surface area contributed by atoms with Crippen LogP contribution in [0.3, 0.4) is 0 Å². The monoisotopic (exact) mass is 407 g/mol. The molecule has 1 aromatic carbocycles. The van der Waals surface area contributed by atoms with Crippen molar-refractivity contribution in [3.05, 3.63) is 60.2 Å². The largest absolute Gasteiger partial charge is 0.348 e. The Bertz CT molecular complexity index is 898. The fraction of sp³-hybridized carbons (Fsp3) is 0.409. The van der Waals surface area contributed by atoms with Gasteiger partial charge in [-0.25, -0.2) is 4.98 Å². The van der Waals surface area contributed by atoms with E-state index in [2.05, 4.69) is 15.3 Å². The van der Waals surface area contributed by atoms with E-state index >= 15 is 0 Å². The number of amides is 3. The Morgan fingerprint density at radius 3 is 2.57 bits per heavy atom. The van der Waals surface area contributed by atoms with Crippen molar-refractivity contribution in [2.24, 2.45) is 5.92 Å². The molecule has 8 nitrogen and oxygen atoms in total. The number of likely N-dealkylation sites (tertiary alicyclic amines) is 2. The molecule has 0 spiro atoms. The Morgan fingerprint density at radius 1 is 1.10 bits per heavy atom. The van der Waals surface area contributed by atoms with Crippen LogP contribution in [0.25, 0.3) is 0 Å². The summed E-state index contributed by atoms with van der Waals surface area (Å²) in [5, 5.41) is 2.96. The van der Waals surface area contributed by atoms with Crippen LogP contribution in [0.1, 0.15) is 35.3 Å².